The van der Waals surface area contributed by atoms with Crippen molar-refractivity contribution in [3.05, 3.63) is 27.5 Å². The van der Waals surface area contributed by atoms with E-state index in [2.05, 4.69) is 20.9 Å². The van der Waals surface area contributed by atoms with Crippen molar-refractivity contribution in [2.24, 2.45) is 5.73 Å². The lowest BCUT2D eigenvalue weighted by Gasteiger charge is -2.11. The molecule has 7 heteroatoms. The van der Waals surface area contributed by atoms with Crippen molar-refractivity contribution in [3.8, 4) is 0 Å². The molecule has 0 amide bonds. The molecule has 0 aromatic carbocycles. The quantitative estimate of drug-likeness (QED) is 0.685. The molecule has 94 valence electrons. The van der Waals surface area contributed by atoms with Crippen molar-refractivity contribution >= 4 is 21.9 Å². The number of pyridine rings is 1. The van der Waals surface area contributed by atoms with Crippen LogP contribution in [0.2, 0.25) is 0 Å². The first-order valence-corrected chi connectivity index (χ1v) is 5.65. The normalized spacial score (nSPS) is 10.7. The highest BCUT2D eigenvalue weighted by Crippen LogP contribution is 2.30. The Morgan fingerprint density at radius 3 is 2.76 bits per heavy atom. The molecule has 0 atom stereocenters. The van der Waals surface area contributed by atoms with E-state index in [0.717, 1.165) is 0 Å². The lowest BCUT2D eigenvalue weighted by atomic mass is 10.1. The van der Waals surface area contributed by atoms with E-state index in [1.54, 1.807) is 6.92 Å². The highest BCUT2D eigenvalue weighted by molar-refractivity contribution is 9.10. The summed E-state index contributed by atoms with van der Waals surface area (Å²) in [5.74, 6) is -0.805. The second-order valence-corrected chi connectivity index (χ2v) is 3.84. The number of carbonyl (C=O) groups excluding carboxylic acids is 1. The first kappa shape index (κ1) is 14.0. The fourth-order valence-electron chi connectivity index (χ4n) is 1.26. The molecule has 0 aliphatic rings. The Morgan fingerprint density at radius 1 is 1.65 bits per heavy atom. The minimum atomic E-state index is -2.82. The van der Waals surface area contributed by atoms with Gasteiger partial charge < -0.3 is 10.5 Å². The minimum Gasteiger partial charge on any atom is -0.462 e. The van der Waals surface area contributed by atoms with E-state index in [1.165, 1.54) is 6.07 Å². The molecular formula is C10H11BrF2N2O2. The summed E-state index contributed by atoms with van der Waals surface area (Å²) in [6, 6.07) is 1.23. The Hall–Kier alpha value is -1.08. The molecule has 0 aliphatic heterocycles. The summed E-state index contributed by atoms with van der Waals surface area (Å²) in [5, 5.41) is 0. The van der Waals surface area contributed by atoms with E-state index in [4.69, 9.17) is 10.5 Å². The van der Waals surface area contributed by atoms with Gasteiger partial charge in [0.1, 0.15) is 4.60 Å². The molecule has 0 unspecified atom stereocenters. The Kier molecular flexibility index (Phi) is 4.95. The number of aromatic nitrogens is 1. The monoisotopic (exact) mass is 308 g/mol. The van der Waals surface area contributed by atoms with Gasteiger partial charge in [-0.05, 0) is 28.9 Å². The molecule has 2 N–H and O–H groups in total. The lowest BCUT2D eigenvalue weighted by Crippen LogP contribution is -2.12. The van der Waals surface area contributed by atoms with E-state index < -0.39 is 18.0 Å². The summed E-state index contributed by atoms with van der Waals surface area (Å²) in [7, 11) is 0. The van der Waals surface area contributed by atoms with Crippen LogP contribution in [0.25, 0.3) is 0 Å². The number of alkyl halides is 2. The van der Waals surface area contributed by atoms with E-state index >= 15 is 0 Å². The van der Waals surface area contributed by atoms with Gasteiger partial charge in [0.15, 0.2) is 0 Å². The number of ether oxygens (including phenoxy) is 1. The smallest absolute Gasteiger partial charge is 0.338 e. The lowest BCUT2D eigenvalue weighted by molar-refractivity contribution is 0.0514. The van der Waals surface area contributed by atoms with E-state index in [0.29, 0.717) is 5.69 Å². The Balaban J connectivity index is 3.32. The van der Waals surface area contributed by atoms with Gasteiger partial charge in [-0.15, -0.1) is 0 Å². The fourth-order valence-corrected chi connectivity index (χ4v) is 1.88. The third-order valence-corrected chi connectivity index (χ3v) is 2.59. The van der Waals surface area contributed by atoms with E-state index in [9.17, 15) is 13.6 Å². The Morgan fingerprint density at radius 2 is 2.29 bits per heavy atom. The summed E-state index contributed by atoms with van der Waals surface area (Å²) >= 11 is 2.90. The Bertz CT molecular complexity index is 427. The van der Waals surface area contributed by atoms with Crippen LogP contribution in [0, 0.1) is 0 Å². The molecule has 1 aromatic heterocycles. The zero-order valence-corrected chi connectivity index (χ0v) is 10.6. The average molecular weight is 309 g/mol. The average Bonchev–Trinajstić information content (AvgIpc) is 2.27. The van der Waals surface area contributed by atoms with Crippen LogP contribution in [0.1, 0.15) is 35.0 Å². The summed E-state index contributed by atoms with van der Waals surface area (Å²) < 4.78 is 30.3. The topological polar surface area (TPSA) is 65.2 Å². The zero-order valence-electron chi connectivity index (χ0n) is 9.04. The minimum absolute atomic E-state index is 0.0501. The molecule has 4 nitrogen and oxygen atoms in total. The van der Waals surface area contributed by atoms with Crippen LogP contribution in [-0.4, -0.2) is 17.6 Å². The predicted molar refractivity (Wildman–Crippen MR) is 60.7 cm³/mol. The van der Waals surface area contributed by atoms with Gasteiger partial charge in [-0.2, -0.15) is 0 Å². The van der Waals surface area contributed by atoms with Crippen molar-refractivity contribution in [1.82, 2.24) is 4.98 Å². The third kappa shape index (κ3) is 3.19. The van der Waals surface area contributed by atoms with Gasteiger partial charge >= 0.3 is 5.97 Å². The number of hydrogen-bond donors (Lipinski definition) is 1. The molecule has 0 saturated carbocycles. The standard InChI is InChI=1S/C10H11BrF2N2O2/c1-2-17-10(16)6-3-5(4-14)15-8(11)7(6)9(12)13/h3,9H,2,4,14H2,1H3. The molecule has 1 heterocycles. The molecule has 1 rings (SSSR count). The van der Waals surface area contributed by atoms with Gasteiger partial charge in [-0.1, -0.05) is 0 Å². The molecular weight excluding hydrogens is 298 g/mol. The molecule has 0 spiro atoms. The predicted octanol–water partition coefficient (Wildman–Crippen LogP) is 2.42. The van der Waals surface area contributed by atoms with Gasteiger partial charge in [0.25, 0.3) is 6.43 Å². The highest BCUT2D eigenvalue weighted by Gasteiger charge is 2.24. The molecule has 1 aromatic rings. The van der Waals surface area contributed by atoms with Crippen molar-refractivity contribution in [3.63, 3.8) is 0 Å². The van der Waals surface area contributed by atoms with Crippen LogP contribution >= 0.6 is 15.9 Å². The largest absolute Gasteiger partial charge is 0.462 e. The summed E-state index contributed by atoms with van der Waals surface area (Å²) in [6.07, 6.45) is -2.82. The highest BCUT2D eigenvalue weighted by atomic mass is 79.9. The number of nitrogens with zero attached hydrogens (tertiary/aromatic N) is 1. The van der Waals surface area contributed by atoms with Crippen LogP contribution in [0.15, 0.2) is 10.7 Å². The molecule has 0 bridgehead atoms. The second kappa shape index (κ2) is 6.02. The maximum atomic E-state index is 12.8. The maximum absolute atomic E-state index is 12.8. The number of carbonyl (C=O) groups is 1. The zero-order chi connectivity index (χ0) is 13.0. The number of nitrogens with two attached hydrogens (primary N) is 1. The van der Waals surface area contributed by atoms with Crippen LogP contribution in [-0.2, 0) is 11.3 Å². The molecule has 0 radical (unpaired) electrons. The third-order valence-electron chi connectivity index (χ3n) is 1.99. The number of esters is 1. The van der Waals surface area contributed by atoms with Gasteiger partial charge in [-0.3, -0.25) is 0 Å². The van der Waals surface area contributed by atoms with Crippen molar-refractivity contribution in [2.75, 3.05) is 6.61 Å². The van der Waals surface area contributed by atoms with Crippen LogP contribution in [0.3, 0.4) is 0 Å². The van der Waals surface area contributed by atoms with Crippen LogP contribution in [0.5, 0.6) is 0 Å². The maximum Gasteiger partial charge on any atom is 0.338 e. The van der Waals surface area contributed by atoms with Crippen LogP contribution in [0.4, 0.5) is 8.78 Å². The van der Waals surface area contributed by atoms with Crippen molar-refractivity contribution < 1.29 is 18.3 Å². The van der Waals surface area contributed by atoms with Crippen LogP contribution < -0.4 is 5.73 Å². The van der Waals surface area contributed by atoms with Gasteiger partial charge in [-0.25, -0.2) is 18.6 Å². The van der Waals surface area contributed by atoms with E-state index in [1.807, 2.05) is 0 Å². The van der Waals surface area contributed by atoms with Crippen molar-refractivity contribution in [2.45, 2.75) is 19.9 Å². The molecule has 17 heavy (non-hydrogen) atoms. The second-order valence-electron chi connectivity index (χ2n) is 3.09. The summed E-state index contributed by atoms with van der Waals surface area (Å²) in [4.78, 5) is 15.4. The van der Waals surface area contributed by atoms with Gasteiger partial charge in [0.2, 0.25) is 0 Å². The first-order chi connectivity index (χ1) is 8.01. The first-order valence-electron chi connectivity index (χ1n) is 4.85. The fraction of sp³-hybridized carbons (Fsp3) is 0.400. The number of halogens is 3. The van der Waals surface area contributed by atoms with Gasteiger partial charge in [0.05, 0.1) is 23.4 Å². The molecule has 0 aliphatic carbocycles. The van der Waals surface area contributed by atoms with E-state index in [-0.39, 0.29) is 23.3 Å². The molecule has 0 saturated heterocycles. The summed E-state index contributed by atoms with van der Waals surface area (Å²) in [5.41, 5.74) is 5.03. The Labute approximate surface area is 105 Å². The molecule has 0 fully saturated rings. The van der Waals surface area contributed by atoms with Gasteiger partial charge in [0, 0.05) is 6.54 Å². The van der Waals surface area contributed by atoms with Crippen molar-refractivity contribution in [1.29, 1.82) is 0 Å². The SMILES string of the molecule is CCOC(=O)c1cc(CN)nc(Br)c1C(F)F. The number of hydrogen-bond acceptors (Lipinski definition) is 4. The number of rotatable bonds is 4. The summed E-state index contributed by atoms with van der Waals surface area (Å²) in [6.45, 7) is 1.76.